The highest BCUT2D eigenvalue weighted by atomic mass is 32.1. The Morgan fingerprint density at radius 2 is 2.04 bits per heavy atom. The van der Waals surface area contributed by atoms with Gasteiger partial charge in [0.1, 0.15) is 11.2 Å². The maximum Gasteiger partial charge on any atom is 0.276 e. The molecule has 3 heterocycles. The fourth-order valence-corrected chi connectivity index (χ4v) is 3.88. The van der Waals surface area contributed by atoms with Crippen molar-refractivity contribution in [2.75, 3.05) is 0 Å². The van der Waals surface area contributed by atoms with Gasteiger partial charge in [-0.3, -0.25) is 4.79 Å². The highest BCUT2D eigenvalue weighted by Crippen LogP contribution is 2.24. The van der Waals surface area contributed by atoms with Crippen molar-refractivity contribution in [3.63, 3.8) is 0 Å². The third-order valence-electron chi connectivity index (χ3n) is 4.53. The minimum absolute atomic E-state index is 0.161. The number of hydrogen-bond acceptors (Lipinski definition) is 4. The summed E-state index contributed by atoms with van der Waals surface area (Å²) in [5.74, 6) is 0. The van der Waals surface area contributed by atoms with Gasteiger partial charge >= 0.3 is 0 Å². The van der Waals surface area contributed by atoms with Crippen molar-refractivity contribution in [2.45, 2.75) is 26.5 Å². The van der Waals surface area contributed by atoms with Crippen LogP contribution in [0.2, 0.25) is 0 Å². The van der Waals surface area contributed by atoms with Crippen molar-refractivity contribution in [3.05, 3.63) is 81.2 Å². The van der Waals surface area contributed by atoms with Crippen molar-refractivity contribution in [3.8, 4) is 10.6 Å². The van der Waals surface area contributed by atoms with Gasteiger partial charge in [0, 0.05) is 12.4 Å². The zero-order valence-electron chi connectivity index (χ0n) is 14.6. The van der Waals surface area contributed by atoms with Crippen LogP contribution in [0.4, 0.5) is 0 Å². The van der Waals surface area contributed by atoms with E-state index in [1.807, 2.05) is 49.6 Å². The van der Waals surface area contributed by atoms with Crippen LogP contribution < -0.4 is 5.56 Å². The lowest BCUT2D eigenvalue weighted by molar-refractivity contribution is 0.154. The van der Waals surface area contributed by atoms with Gasteiger partial charge in [-0.1, -0.05) is 29.8 Å². The monoisotopic (exact) mass is 365 g/mol. The average Bonchev–Trinajstić information content (AvgIpc) is 3.26. The molecule has 0 fully saturated rings. The molecule has 1 N–H and O–H groups in total. The van der Waals surface area contributed by atoms with Gasteiger partial charge in [0.05, 0.1) is 17.5 Å². The van der Waals surface area contributed by atoms with E-state index >= 15 is 0 Å². The van der Waals surface area contributed by atoms with Crippen molar-refractivity contribution in [1.82, 2.24) is 14.2 Å². The van der Waals surface area contributed by atoms with Crippen LogP contribution in [0.25, 0.3) is 16.1 Å². The predicted molar refractivity (Wildman–Crippen MR) is 104 cm³/mol. The Labute approximate surface area is 154 Å². The van der Waals surface area contributed by atoms with Crippen molar-refractivity contribution >= 4 is 16.9 Å². The lowest BCUT2D eigenvalue weighted by Crippen LogP contribution is -2.24. The van der Waals surface area contributed by atoms with E-state index in [1.54, 1.807) is 38.9 Å². The maximum atomic E-state index is 12.8. The number of hydrogen-bond donors (Lipinski definition) is 1. The number of aliphatic hydroxyl groups excluding tert-OH is 1. The molecular weight excluding hydrogens is 346 g/mol. The molecule has 1 aromatic carbocycles. The molecule has 0 aliphatic rings. The van der Waals surface area contributed by atoms with E-state index in [1.165, 1.54) is 0 Å². The molecule has 1 unspecified atom stereocenters. The normalized spacial score (nSPS) is 12.6. The van der Waals surface area contributed by atoms with Crippen LogP contribution in [0.1, 0.15) is 22.8 Å². The SMILES string of the molecule is Cc1ccc(C(O)Cn2ccn3nc(-c4cccs4)cc3c2=O)c(C)c1. The summed E-state index contributed by atoms with van der Waals surface area (Å²) in [5, 5.41) is 17.1. The van der Waals surface area contributed by atoms with Crippen molar-refractivity contribution < 1.29 is 5.11 Å². The second-order valence-electron chi connectivity index (χ2n) is 6.47. The van der Waals surface area contributed by atoms with E-state index in [4.69, 9.17) is 0 Å². The molecule has 26 heavy (non-hydrogen) atoms. The van der Waals surface area contributed by atoms with Crippen LogP contribution in [0.5, 0.6) is 0 Å². The third-order valence-corrected chi connectivity index (χ3v) is 5.42. The molecular formula is C20H19N3O2S. The van der Waals surface area contributed by atoms with Gasteiger partial charge in [-0.2, -0.15) is 5.10 Å². The first-order chi connectivity index (χ1) is 12.5. The molecule has 0 spiro atoms. The molecule has 0 saturated heterocycles. The van der Waals surface area contributed by atoms with Gasteiger partial charge < -0.3 is 9.67 Å². The number of rotatable bonds is 4. The van der Waals surface area contributed by atoms with E-state index in [2.05, 4.69) is 5.10 Å². The number of thiophene rings is 1. The Morgan fingerprint density at radius 1 is 1.19 bits per heavy atom. The standard InChI is InChI=1S/C20H19N3O2S/c1-13-5-6-15(14(2)10-13)18(24)12-22-7-8-23-17(20(22)25)11-16(21-23)19-4-3-9-26-19/h3-11,18,24H,12H2,1-2H3. The van der Waals surface area contributed by atoms with Gasteiger partial charge in [-0.15, -0.1) is 11.3 Å². The molecule has 0 aliphatic heterocycles. The van der Waals surface area contributed by atoms with E-state index in [0.29, 0.717) is 5.52 Å². The zero-order chi connectivity index (χ0) is 18.3. The Hall–Kier alpha value is -2.70. The summed E-state index contributed by atoms with van der Waals surface area (Å²) in [6.45, 7) is 4.20. The smallest absolute Gasteiger partial charge is 0.276 e. The molecule has 0 saturated carbocycles. The summed E-state index contributed by atoms with van der Waals surface area (Å²) in [7, 11) is 0. The fourth-order valence-electron chi connectivity index (χ4n) is 3.20. The Bertz CT molecular complexity index is 1130. The van der Waals surface area contributed by atoms with Gasteiger partial charge in [0.15, 0.2) is 0 Å². The molecule has 0 amide bonds. The zero-order valence-corrected chi connectivity index (χ0v) is 15.4. The number of benzene rings is 1. The van der Waals surface area contributed by atoms with Gasteiger partial charge in [-0.25, -0.2) is 4.52 Å². The number of aromatic nitrogens is 3. The lowest BCUT2D eigenvalue weighted by Gasteiger charge is -2.16. The maximum absolute atomic E-state index is 12.8. The topological polar surface area (TPSA) is 59.5 Å². The van der Waals surface area contributed by atoms with E-state index in [-0.39, 0.29) is 12.1 Å². The summed E-state index contributed by atoms with van der Waals surface area (Å²) >= 11 is 1.59. The fraction of sp³-hybridized carbons (Fsp3) is 0.200. The van der Waals surface area contributed by atoms with Gasteiger partial charge in [-0.05, 0) is 42.5 Å². The molecule has 5 nitrogen and oxygen atoms in total. The molecule has 132 valence electrons. The first-order valence-corrected chi connectivity index (χ1v) is 9.29. The summed E-state index contributed by atoms with van der Waals surface area (Å²) in [6, 6.07) is 11.7. The van der Waals surface area contributed by atoms with E-state index in [0.717, 1.165) is 27.3 Å². The molecule has 4 aromatic rings. The van der Waals surface area contributed by atoms with E-state index in [9.17, 15) is 9.90 Å². The number of fused-ring (bicyclic) bond motifs is 1. The first-order valence-electron chi connectivity index (χ1n) is 8.41. The molecule has 3 aromatic heterocycles. The minimum Gasteiger partial charge on any atom is -0.387 e. The largest absolute Gasteiger partial charge is 0.387 e. The summed E-state index contributed by atoms with van der Waals surface area (Å²) < 4.78 is 3.14. The molecule has 1 atom stereocenters. The molecule has 4 rings (SSSR count). The van der Waals surface area contributed by atoms with Crippen LogP contribution in [-0.4, -0.2) is 19.3 Å². The molecule has 6 heteroatoms. The third kappa shape index (κ3) is 2.98. The van der Waals surface area contributed by atoms with Gasteiger partial charge in [0.2, 0.25) is 0 Å². The second kappa shape index (κ2) is 6.55. The Kier molecular flexibility index (Phi) is 4.22. The van der Waals surface area contributed by atoms with Gasteiger partial charge in [0.25, 0.3) is 5.56 Å². The predicted octanol–water partition coefficient (Wildman–Crippen LogP) is 3.57. The number of aryl methyl sites for hydroxylation is 2. The van der Waals surface area contributed by atoms with Crippen LogP contribution in [-0.2, 0) is 6.54 Å². The van der Waals surface area contributed by atoms with Crippen LogP contribution in [0.15, 0.2) is 59.0 Å². The molecule has 0 radical (unpaired) electrons. The van der Waals surface area contributed by atoms with Crippen LogP contribution in [0, 0.1) is 13.8 Å². The van der Waals surface area contributed by atoms with Crippen LogP contribution >= 0.6 is 11.3 Å². The number of aliphatic hydroxyl groups is 1. The minimum atomic E-state index is -0.740. The highest BCUT2D eigenvalue weighted by Gasteiger charge is 2.14. The first kappa shape index (κ1) is 16.8. The summed E-state index contributed by atoms with van der Waals surface area (Å²) in [4.78, 5) is 13.8. The van der Waals surface area contributed by atoms with Crippen molar-refractivity contribution in [2.24, 2.45) is 0 Å². The number of nitrogens with zero attached hydrogens (tertiary/aromatic N) is 3. The summed E-state index contributed by atoms with van der Waals surface area (Å²) in [5.41, 5.74) is 4.14. The molecule has 0 aliphatic carbocycles. The lowest BCUT2D eigenvalue weighted by atomic mass is 10.0. The van der Waals surface area contributed by atoms with E-state index < -0.39 is 6.10 Å². The summed E-state index contributed by atoms with van der Waals surface area (Å²) in [6.07, 6.45) is 2.69. The quantitative estimate of drug-likeness (QED) is 0.601. The highest BCUT2D eigenvalue weighted by molar-refractivity contribution is 7.13. The van der Waals surface area contributed by atoms with Crippen molar-refractivity contribution in [1.29, 1.82) is 0 Å². The molecule has 0 bridgehead atoms. The van der Waals surface area contributed by atoms with Crippen LogP contribution in [0.3, 0.4) is 0 Å². The Morgan fingerprint density at radius 3 is 2.77 bits per heavy atom. The second-order valence-corrected chi connectivity index (χ2v) is 7.42. The average molecular weight is 365 g/mol. The Balaban J connectivity index is 1.68.